The topological polar surface area (TPSA) is 94.0 Å². The van der Waals surface area contributed by atoms with Gasteiger partial charge in [0.15, 0.2) is 11.5 Å². The number of benzene rings is 2. The number of nitrogens with one attached hydrogen (secondary N) is 2. The molecule has 33 heavy (non-hydrogen) atoms. The number of methoxy groups -OCH3 is 2. The fourth-order valence-electron chi connectivity index (χ4n) is 3.54. The van der Waals surface area contributed by atoms with Crippen molar-refractivity contribution in [2.24, 2.45) is 5.10 Å². The number of carbonyl (C=O) groups is 2. The van der Waals surface area contributed by atoms with E-state index in [0.29, 0.717) is 24.5 Å². The average molecular weight is 449 g/mol. The molecule has 0 atom stereocenters. The molecule has 0 aliphatic heterocycles. The number of ether oxygens (including phenoxy) is 2. The molecule has 2 amide bonds. The summed E-state index contributed by atoms with van der Waals surface area (Å²) in [5.41, 5.74) is 7.15. The Hall–Kier alpha value is -4.07. The maximum atomic E-state index is 12.1. The highest BCUT2D eigenvalue weighted by atomic mass is 16.5. The molecule has 2 aromatic carbocycles. The van der Waals surface area contributed by atoms with Crippen LogP contribution in [0.3, 0.4) is 0 Å². The number of amides is 2. The van der Waals surface area contributed by atoms with Gasteiger partial charge < -0.3 is 19.4 Å². The van der Waals surface area contributed by atoms with Crippen molar-refractivity contribution in [3.05, 3.63) is 77.1 Å². The number of aromatic nitrogens is 1. The minimum atomic E-state index is -0.824. The molecule has 1 aromatic heterocycles. The van der Waals surface area contributed by atoms with Crippen LogP contribution in [0.2, 0.25) is 0 Å². The van der Waals surface area contributed by atoms with E-state index in [-0.39, 0.29) is 0 Å². The Morgan fingerprint density at radius 2 is 1.70 bits per heavy atom. The third kappa shape index (κ3) is 5.79. The van der Waals surface area contributed by atoms with E-state index in [1.165, 1.54) is 6.21 Å². The quantitative estimate of drug-likeness (QED) is 0.315. The van der Waals surface area contributed by atoms with Gasteiger partial charge in [0.05, 0.1) is 20.4 Å². The zero-order chi connectivity index (χ0) is 23.8. The van der Waals surface area contributed by atoms with Gasteiger partial charge in [0.1, 0.15) is 0 Å². The first-order valence-electron chi connectivity index (χ1n) is 10.5. The molecule has 0 aliphatic rings. The Balaban J connectivity index is 1.52. The normalized spacial score (nSPS) is 10.8. The van der Waals surface area contributed by atoms with Crippen LogP contribution in [-0.2, 0) is 16.0 Å². The van der Waals surface area contributed by atoms with Gasteiger partial charge in [-0.15, -0.1) is 0 Å². The Bertz CT molecular complexity index is 1150. The summed E-state index contributed by atoms with van der Waals surface area (Å²) in [7, 11) is 3.13. The summed E-state index contributed by atoms with van der Waals surface area (Å²) in [5.74, 6) is -0.329. The molecule has 172 valence electrons. The number of nitrogens with zero attached hydrogens (tertiary/aromatic N) is 2. The first-order valence-corrected chi connectivity index (χ1v) is 10.5. The third-order valence-electron chi connectivity index (χ3n) is 5.21. The molecule has 2 N–H and O–H groups in total. The highest BCUT2D eigenvalue weighted by molar-refractivity contribution is 6.35. The Morgan fingerprint density at radius 1 is 0.970 bits per heavy atom. The minimum Gasteiger partial charge on any atom is -0.493 e. The van der Waals surface area contributed by atoms with Gasteiger partial charge in [-0.2, -0.15) is 5.10 Å². The van der Waals surface area contributed by atoms with E-state index in [4.69, 9.17) is 9.47 Å². The number of aryl methyl sites for hydroxylation is 1. The molecular weight excluding hydrogens is 420 g/mol. The first kappa shape index (κ1) is 23.6. The lowest BCUT2D eigenvalue weighted by molar-refractivity contribution is -0.139. The fraction of sp³-hybridized carbons (Fsp3) is 0.240. The lowest BCUT2D eigenvalue weighted by Gasteiger charge is -2.10. The fourth-order valence-corrected chi connectivity index (χ4v) is 3.54. The molecule has 3 rings (SSSR count). The second-order valence-corrected chi connectivity index (χ2v) is 7.39. The summed E-state index contributed by atoms with van der Waals surface area (Å²) in [5, 5.41) is 6.54. The van der Waals surface area contributed by atoms with Crippen LogP contribution < -0.4 is 20.2 Å². The molecule has 0 bridgehead atoms. The monoisotopic (exact) mass is 448 g/mol. The van der Waals surface area contributed by atoms with E-state index < -0.39 is 11.8 Å². The number of hydrogen-bond donors (Lipinski definition) is 2. The molecule has 0 radical (unpaired) electrons. The summed E-state index contributed by atoms with van der Waals surface area (Å²) in [6.45, 7) is 4.27. The van der Waals surface area contributed by atoms with Crippen molar-refractivity contribution in [3.63, 3.8) is 0 Å². The van der Waals surface area contributed by atoms with Crippen LogP contribution in [0.15, 0.2) is 59.7 Å². The second-order valence-electron chi connectivity index (χ2n) is 7.39. The molecule has 0 spiro atoms. The Kier molecular flexibility index (Phi) is 7.86. The number of carbonyl (C=O) groups excluding carboxylic acids is 2. The molecule has 0 unspecified atom stereocenters. The van der Waals surface area contributed by atoms with Crippen LogP contribution >= 0.6 is 0 Å². The number of rotatable bonds is 8. The summed E-state index contributed by atoms with van der Waals surface area (Å²) in [6, 6.07) is 17.5. The van der Waals surface area contributed by atoms with E-state index in [1.54, 1.807) is 20.3 Å². The highest BCUT2D eigenvalue weighted by Gasteiger charge is 2.13. The van der Waals surface area contributed by atoms with E-state index in [1.807, 2.05) is 62.4 Å². The van der Waals surface area contributed by atoms with Crippen LogP contribution in [0.5, 0.6) is 11.5 Å². The van der Waals surface area contributed by atoms with Crippen LogP contribution in [0, 0.1) is 13.8 Å². The van der Waals surface area contributed by atoms with Crippen molar-refractivity contribution in [2.75, 3.05) is 20.8 Å². The van der Waals surface area contributed by atoms with Gasteiger partial charge in [-0.1, -0.05) is 24.3 Å². The first-order chi connectivity index (χ1) is 15.9. The van der Waals surface area contributed by atoms with Crippen molar-refractivity contribution in [1.29, 1.82) is 0 Å². The smallest absolute Gasteiger partial charge is 0.329 e. The average Bonchev–Trinajstić information content (AvgIpc) is 3.11. The molecule has 8 nitrogen and oxygen atoms in total. The second kappa shape index (κ2) is 11.0. The van der Waals surface area contributed by atoms with Crippen LogP contribution in [-0.4, -0.2) is 43.4 Å². The molecule has 0 aliphatic carbocycles. The number of hydrazone groups is 1. The van der Waals surface area contributed by atoms with E-state index in [0.717, 1.165) is 28.2 Å². The zero-order valence-electron chi connectivity index (χ0n) is 19.2. The largest absolute Gasteiger partial charge is 0.493 e. The van der Waals surface area contributed by atoms with Gasteiger partial charge in [-0.25, -0.2) is 5.43 Å². The third-order valence-corrected chi connectivity index (χ3v) is 5.21. The van der Waals surface area contributed by atoms with Gasteiger partial charge in [-0.3, -0.25) is 9.59 Å². The lowest BCUT2D eigenvalue weighted by Crippen LogP contribution is -2.38. The standard InChI is InChI=1S/C25H28N4O4/c1-17-14-20(18(2)29(17)21-8-6-5-7-9-21)16-27-28-25(31)24(30)26-13-12-19-10-11-22(32-3)23(15-19)33-4/h5-11,14-16H,12-13H2,1-4H3,(H,26,30)(H,28,31). The molecule has 0 saturated carbocycles. The van der Waals surface area contributed by atoms with E-state index in [9.17, 15) is 9.59 Å². The van der Waals surface area contributed by atoms with Crippen molar-refractivity contribution in [2.45, 2.75) is 20.3 Å². The summed E-state index contributed by atoms with van der Waals surface area (Å²) in [4.78, 5) is 24.1. The van der Waals surface area contributed by atoms with Gasteiger partial charge >= 0.3 is 11.8 Å². The van der Waals surface area contributed by atoms with Crippen LogP contribution in [0.4, 0.5) is 0 Å². The van der Waals surface area contributed by atoms with Gasteiger partial charge in [0.2, 0.25) is 0 Å². The van der Waals surface area contributed by atoms with Crippen molar-refractivity contribution in [3.8, 4) is 17.2 Å². The molecule has 8 heteroatoms. The highest BCUT2D eigenvalue weighted by Crippen LogP contribution is 2.27. The minimum absolute atomic E-state index is 0.295. The van der Waals surface area contributed by atoms with Crippen molar-refractivity contribution < 1.29 is 19.1 Å². The van der Waals surface area contributed by atoms with Crippen LogP contribution in [0.25, 0.3) is 5.69 Å². The predicted molar refractivity (Wildman–Crippen MR) is 127 cm³/mol. The summed E-state index contributed by atoms with van der Waals surface area (Å²) < 4.78 is 12.6. The summed E-state index contributed by atoms with van der Waals surface area (Å²) in [6.07, 6.45) is 2.07. The van der Waals surface area contributed by atoms with E-state index >= 15 is 0 Å². The number of hydrogen-bond acceptors (Lipinski definition) is 5. The van der Waals surface area contributed by atoms with Gasteiger partial charge in [0.25, 0.3) is 0 Å². The molecule has 0 fully saturated rings. The molecule has 3 aromatic rings. The van der Waals surface area contributed by atoms with Gasteiger partial charge in [0, 0.05) is 29.2 Å². The Labute approximate surface area is 193 Å². The molecular formula is C25H28N4O4. The van der Waals surface area contributed by atoms with E-state index in [2.05, 4.69) is 20.4 Å². The van der Waals surface area contributed by atoms with Crippen molar-refractivity contribution in [1.82, 2.24) is 15.3 Å². The maximum Gasteiger partial charge on any atom is 0.329 e. The SMILES string of the molecule is COc1ccc(CCNC(=O)C(=O)NN=Cc2cc(C)n(-c3ccccc3)c2C)cc1OC. The Morgan fingerprint density at radius 3 is 2.39 bits per heavy atom. The summed E-state index contributed by atoms with van der Waals surface area (Å²) >= 11 is 0. The van der Waals surface area contributed by atoms with Crippen LogP contribution in [0.1, 0.15) is 22.5 Å². The van der Waals surface area contributed by atoms with Crippen molar-refractivity contribution >= 4 is 18.0 Å². The van der Waals surface area contributed by atoms with Gasteiger partial charge in [-0.05, 0) is 56.2 Å². The lowest BCUT2D eigenvalue weighted by atomic mass is 10.1. The molecule has 0 saturated heterocycles. The molecule has 1 heterocycles. The zero-order valence-corrected chi connectivity index (χ0v) is 19.2. The maximum absolute atomic E-state index is 12.1. The predicted octanol–water partition coefficient (Wildman–Crippen LogP) is 2.92. The number of para-hydroxylation sites is 1.